The molecule has 0 bridgehead atoms. The summed E-state index contributed by atoms with van der Waals surface area (Å²) in [5.74, 6) is 0.773. The van der Waals surface area contributed by atoms with Crippen LogP contribution in [0.3, 0.4) is 0 Å². The van der Waals surface area contributed by atoms with Gasteiger partial charge in [0, 0.05) is 17.1 Å². The van der Waals surface area contributed by atoms with E-state index >= 15 is 0 Å². The van der Waals surface area contributed by atoms with Gasteiger partial charge in [0.2, 0.25) is 0 Å². The van der Waals surface area contributed by atoms with E-state index in [1.165, 1.54) is 32.6 Å². The number of fused-ring (bicyclic) bond motifs is 1. The van der Waals surface area contributed by atoms with Gasteiger partial charge in [0.15, 0.2) is 0 Å². The zero-order valence-electron chi connectivity index (χ0n) is 11.8. The van der Waals surface area contributed by atoms with E-state index in [0.29, 0.717) is 11.3 Å². The molecule has 2 saturated carbocycles. The second kappa shape index (κ2) is 6.13. The van der Waals surface area contributed by atoms with E-state index in [1.807, 2.05) is 0 Å². The summed E-state index contributed by atoms with van der Waals surface area (Å²) in [6.07, 6.45) is 9.35. The van der Waals surface area contributed by atoms with Crippen molar-refractivity contribution in [3.63, 3.8) is 0 Å². The molecule has 0 aromatic heterocycles. The molecule has 2 aliphatic carbocycles. The molecule has 0 amide bonds. The highest BCUT2D eigenvalue weighted by atomic mass is 32.2. The Morgan fingerprint density at radius 1 is 1.37 bits per heavy atom. The summed E-state index contributed by atoms with van der Waals surface area (Å²) in [6, 6.07) is 0. The second-order valence-corrected chi connectivity index (χ2v) is 7.69. The summed E-state index contributed by atoms with van der Waals surface area (Å²) in [4.78, 5) is 11.3. The van der Waals surface area contributed by atoms with E-state index in [-0.39, 0.29) is 18.0 Å². The Morgan fingerprint density at radius 3 is 2.74 bits per heavy atom. The number of thiol groups is 2. The van der Waals surface area contributed by atoms with E-state index in [9.17, 15) is 4.79 Å². The van der Waals surface area contributed by atoms with Crippen molar-refractivity contribution in [2.24, 2.45) is 17.3 Å². The SMILES string of the molecule is CC(=O)OC1C[C@H]2CCCC[C@]2(C)CC1C=C(S)S. The molecule has 19 heavy (non-hydrogen) atoms. The van der Waals surface area contributed by atoms with Crippen molar-refractivity contribution in [3.05, 3.63) is 10.3 Å². The standard InChI is InChI=1S/C15H24O2S2/c1-10(16)17-13-8-12-5-3-4-6-15(12,2)9-11(13)7-14(18)19/h7,11-13,18-19H,3-6,8-9H2,1-2H3/t11?,12-,13?,15-/m1/s1. The average molecular weight is 300 g/mol. The number of carbonyl (C=O) groups is 1. The van der Waals surface area contributed by atoms with Gasteiger partial charge in [-0.3, -0.25) is 4.79 Å². The molecule has 2 rings (SSSR count). The molecule has 4 atom stereocenters. The lowest BCUT2D eigenvalue weighted by Crippen LogP contribution is -2.44. The first-order valence-electron chi connectivity index (χ1n) is 7.18. The van der Waals surface area contributed by atoms with Crippen LogP contribution in [0, 0.1) is 17.3 Å². The summed E-state index contributed by atoms with van der Waals surface area (Å²) >= 11 is 8.54. The molecule has 0 aliphatic heterocycles. The Bertz CT molecular complexity index is 376. The molecule has 0 saturated heterocycles. The molecule has 2 aliphatic rings. The van der Waals surface area contributed by atoms with Crippen LogP contribution < -0.4 is 0 Å². The van der Waals surface area contributed by atoms with Crippen LogP contribution >= 0.6 is 25.3 Å². The number of rotatable bonds is 2. The van der Waals surface area contributed by atoms with Crippen LogP contribution in [0.1, 0.15) is 52.4 Å². The fraction of sp³-hybridized carbons (Fsp3) is 0.800. The predicted octanol–water partition coefficient (Wildman–Crippen LogP) is 4.23. The van der Waals surface area contributed by atoms with E-state index < -0.39 is 0 Å². The lowest BCUT2D eigenvalue weighted by molar-refractivity contribution is -0.154. The number of hydrogen-bond donors (Lipinski definition) is 2. The molecular weight excluding hydrogens is 276 g/mol. The molecule has 4 heteroatoms. The van der Waals surface area contributed by atoms with Crippen LogP contribution in [0.15, 0.2) is 10.3 Å². The molecule has 2 nitrogen and oxygen atoms in total. The summed E-state index contributed by atoms with van der Waals surface area (Å²) in [6.45, 7) is 3.90. The number of ether oxygens (including phenoxy) is 1. The zero-order chi connectivity index (χ0) is 14.0. The number of esters is 1. The third-order valence-electron chi connectivity index (χ3n) is 4.91. The monoisotopic (exact) mass is 300 g/mol. The van der Waals surface area contributed by atoms with E-state index in [2.05, 4.69) is 38.3 Å². The van der Waals surface area contributed by atoms with Gasteiger partial charge in [-0.15, -0.1) is 25.3 Å². The van der Waals surface area contributed by atoms with Crippen LogP contribution in [-0.4, -0.2) is 12.1 Å². The van der Waals surface area contributed by atoms with Crippen LogP contribution in [0.2, 0.25) is 0 Å². The Labute approximate surface area is 127 Å². The fourth-order valence-electron chi connectivity index (χ4n) is 3.97. The van der Waals surface area contributed by atoms with Crippen LogP contribution in [0.5, 0.6) is 0 Å². The zero-order valence-corrected chi connectivity index (χ0v) is 13.6. The molecule has 108 valence electrons. The van der Waals surface area contributed by atoms with Crippen LogP contribution in [0.4, 0.5) is 0 Å². The van der Waals surface area contributed by atoms with E-state index in [0.717, 1.165) is 17.1 Å². The number of hydrogen-bond acceptors (Lipinski definition) is 4. The van der Waals surface area contributed by atoms with Crippen molar-refractivity contribution >= 4 is 31.2 Å². The van der Waals surface area contributed by atoms with Crippen molar-refractivity contribution in [3.8, 4) is 0 Å². The maximum absolute atomic E-state index is 11.3. The van der Waals surface area contributed by atoms with Gasteiger partial charge in [0.05, 0.1) is 0 Å². The maximum Gasteiger partial charge on any atom is 0.302 e. The summed E-state index contributed by atoms with van der Waals surface area (Å²) in [5, 5.41) is 0. The minimum absolute atomic E-state index is 0.00275. The van der Waals surface area contributed by atoms with E-state index in [4.69, 9.17) is 4.74 Å². The minimum Gasteiger partial charge on any atom is -0.462 e. The molecule has 2 unspecified atom stereocenters. The Kier molecular flexibility index (Phi) is 4.93. The largest absolute Gasteiger partial charge is 0.462 e. The van der Waals surface area contributed by atoms with Gasteiger partial charge in [-0.2, -0.15) is 0 Å². The maximum atomic E-state index is 11.3. The van der Waals surface area contributed by atoms with Gasteiger partial charge < -0.3 is 4.74 Å². The highest BCUT2D eigenvalue weighted by molar-refractivity contribution is 8.05. The van der Waals surface area contributed by atoms with Gasteiger partial charge in [-0.1, -0.05) is 25.8 Å². The first-order chi connectivity index (χ1) is 8.90. The van der Waals surface area contributed by atoms with Crippen LogP contribution in [0.25, 0.3) is 0 Å². The molecule has 0 N–H and O–H groups in total. The van der Waals surface area contributed by atoms with Crippen molar-refractivity contribution in [1.82, 2.24) is 0 Å². The molecule has 0 aromatic rings. The summed E-state index contributed by atoms with van der Waals surface area (Å²) in [7, 11) is 0. The Balaban J connectivity index is 2.18. The van der Waals surface area contributed by atoms with E-state index in [1.54, 1.807) is 0 Å². The lowest BCUT2D eigenvalue weighted by atomic mass is 9.57. The highest BCUT2D eigenvalue weighted by Gasteiger charge is 2.46. The van der Waals surface area contributed by atoms with Crippen molar-refractivity contribution in [2.45, 2.75) is 58.5 Å². The quantitative estimate of drug-likeness (QED) is 0.590. The van der Waals surface area contributed by atoms with Gasteiger partial charge in [0.1, 0.15) is 6.10 Å². The first-order valence-corrected chi connectivity index (χ1v) is 8.07. The van der Waals surface area contributed by atoms with Crippen molar-refractivity contribution in [2.75, 3.05) is 0 Å². The predicted molar refractivity (Wildman–Crippen MR) is 84.4 cm³/mol. The topological polar surface area (TPSA) is 26.3 Å². The van der Waals surface area contributed by atoms with Gasteiger partial charge in [-0.05, 0) is 37.0 Å². The Morgan fingerprint density at radius 2 is 2.11 bits per heavy atom. The molecule has 0 heterocycles. The Hall–Kier alpha value is -0.0900. The molecular formula is C15H24O2S2. The normalized spacial score (nSPS) is 38.2. The minimum atomic E-state index is -0.178. The van der Waals surface area contributed by atoms with Crippen molar-refractivity contribution < 1.29 is 9.53 Å². The van der Waals surface area contributed by atoms with Gasteiger partial charge in [0.25, 0.3) is 0 Å². The lowest BCUT2D eigenvalue weighted by Gasteiger charge is -2.50. The van der Waals surface area contributed by atoms with Crippen LogP contribution in [-0.2, 0) is 9.53 Å². The smallest absolute Gasteiger partial charge is 0.302 e. The average Bonchev–Trinajstić information content (AvgIpc) is 2.28. The van der Waals surface area contributed by atoms with Crippen molar-refractivity contribution in [1.29, 1.82) is 0 Å². The highest BCUT2D eigenvalue weighted by Crippen LogP contribution is 2.53. The molecule has 0 aromatic carbocycles. The molecule has 2 fully saturated rings. The first kappa shape index (κ1) is 15.3. The molecule has 0 radical (unpaired) electrons. The fourth-order valence-corrected chi connectivity index (χ4v) is 4.36. The summed E-state index contributed by atoms with van der Waals surface area (Å²) in [5.41, 5.74) is 0.396. The van der Waals surface area contributed by atoms with Gasteiger partial charge in [-0.25, -0.2) is 0 Å². The second-order valence-electron chi connectivity index (χ2n) is 6.37. The third kappa shape index (κ3) is 3.72. The molecule has 0 spiro atoms. The van der Waals surface area contributed by atoms with Gasteiger partial charge >= 0.3 is 5.97 Å². The summed E-state index contributed by atoms with van der Waals surface area (Å²) < 4.78 is 6.27. The third-order valence-corrected chi connectivity index (χ3v) is 5.21. The number of carbonyl (C=O) groups excluding carboxylic acids is 1.